The van der Waals surface area contributed by atoms with E-state index in [1.165, 1.54) is 10.9 Å². The molecule has 0 aromatic carbocycles. The minimum absolute atomic E-state index is 0.0619. The van der Waals surface area contributed by atoms with Crippen LogP contribution in [0.2, 0.25) is 0 Å². The predicted molar refractivity (Wildman–Crippen MR) is 101 cm³/mol. The van der Waals surface area contributed by atoms with Gasteiger partial charge in [0.2, 0.25) is 0 Å². The lowest BCUT2D eigenvalue weighted by Crippen LogP contribution is -2.32. The first-order valence-electron chi connectivity index (χ1n) is 9.20. The highest BCUT2D eigenvalue weighted by Crippen LogP contribution is 2.30. The third-order valence-electron chi connectivity index (χ3n) is 5.43. The number of fused-ring (bicyclic) bond motifs is 2. The number of halogens is 1. The maximum absolute atomic E-state index is 14.1. The van der Waals surface area contributed by atoms with Gasteiger partial charge in [-0.25, -0.2) is 9.37 Å². The van der Waals surface area contributed by atoms with E-state index in [1.54, 1.807) is 13.2 Å². The summed E-state index contributed by atoms with van der Waals surface area (Å²) in [6.45, 7) is 3.89. The molecule has 0 unspecified atom stereocenters. The molecule has 0 fully saturated rings. The Labute approximate surface area is 161 Å². The summed E-state index contributed by atoms with van der Waals surface area (Å²) >= 11 is 0. The number of pyridine rings is 2. The highest BCUT2D eigenvalue weighted by Gasteiger charge is 2.26. The molecule has 3 aromatic rings. The van der Waals surface area contributed by atoms with Crippen LogP contribution < -0.4 is 10.2 Å². The molecule has 0 saturated heterocycles. The molecule has 7 nitrogen and oxygen atoms in total. The first kappa shape index (κ1) is 16.9. The van der Waals surface area contributed by atoms with E-state index in [0.717, 1.165) is 41.3 Å². The molecule has 0 aliphatic carbocycles. The topological polar surface area (TPSA) is 75.9 Å². The van der Waals surface area contributed by atoms with Crippen molar-refractivity contribution in [1.82, 2.24) is 25.1 Å². The molecule has 3 aromatic heterocycles. The second-order valence-corrected chi connectivity index (χ2v) is 7.27. The zero-order valence-electron chi connectivity index (χ0n) is 15.7. The van der Waals surface area contributed by atoms with Gasteiger partial charge >= 0.3 is 0 Å². The smallest absolute Gasteiger partial charge is 0.253 e. The third kappa shape index (κ3) is 2.56. The van der Waals surface area contributed by atoms with E-state index in [9.17, 15) is 9.18 Å². The van der Waals surface area contributed by atoms with Crippen LogP contribution in [0.1, 0.15) is 32.9 Å². The van der Waals surface area contributed by atoms with Gasteiger partial charge in [-0.1, -0.05) is 0 Å². The summed E-state index contributed by atoms with van der Waals surface area (Å²) in [7, 11) is 1.72. The number of nitrogens with one attached hydrogen (secondary N) is 1. The Balaban J connectivity index is 1.50. The Bertz CT molecular complexity index is 1100. The van der Waals surface area contributed by atoms with Gasteiger partial charge in [-0.05, 0) is 30.2 Å². The Hall–Kier alpha value is -3.29. The largest absolute Gasteiger partial charge is 0.352 e. The zero-order chi connectivity index (χ0) is 19.4. The Kier molecular flexibility index (Phi) is 3.68. The van der Waals surface area contributed by atoms with E-state index in [0.29, 0.717) is 29.9 Å². The molecule has 5 heterocycles. The fraction of sp³-hybridized carbons (Fsp3) is 0.300. The summed E-state index contributed by atoms with van der Waals surface area (Å²) in [4.78, 5) is 23.4. The van der Waals surface area contributed by atoms with Crippen LogP contribution in [-0.4, -0.2) is 32.2 Å². The van der Waals surface area contributed by atoms with Crippen molar-refractivity contribution in [2.75, 3.05) is 11.4 Å². The molecule has 8 heteroatoms. The van der Waals surface area contributed by atoms with Crippen molar-refractivity contribution in [2.45, 2.75) is 26.4 Å². The number of anilines is 1. The van der Waals surface area contributed by atoms with E-state index < -0.39 is 0 Å². The molecule has 0 spiro atoms. The molecule has 0 bridgehead atoms. The van der Waals surface area contributed by atoms with E-state index >= 15 is 0 Å². The van der Waals surface area contributed by atoms with Crippen molar-refractivity contribution in [2.24, 2.45) is 7.05 Å². The van der Waals surface area contributed by atoms with Crippen molar-refractivity contribution in [3.05, 3.63) is 58.4 Å². The molecule has 5 rings (SSSR count). The fourth-order valence-electron chi connectivity index (χ4n) is 4.02. The summed E-state index contributed by atoms with van der Waals surface area (Å²) in [5.41, 5.74) is 5.66. The van der Waals surface area contributed by atoms with E-state index in [1.807, 2.05) is 19.1 Å². The van der Waals surface area contributed by atoms with E-state index in [2.05, 4.69) is 20.3 Å². The Morgan fingerprint density at radius 2 is 2.07 bits per heavy atom. The first-order chi connectivity index (χ1) is 13.5. The lowest BCUT2D eigenvalue weighted by atomic mass is 10.0. The molecule has 1 amide bonds. The minimum atomic E-state index is -0.356. The van der Waals surface area contributed by atoms with Gasteiger partial charge in [-0.3, -0.25) is 14.5 Å². The number of amides is 1. The van der Waals surface area contributed by atoms with Crippen LogP contribution in [0, 0.1) is 12.7 Å². The quantitative estimate of drug-likeness (QED) is 0.739. The van der Waals surface area contributed by atoms with Gasteiger partial charge in [-0.15, -0.1) is 0 Å². The maximum Gasteiger partial charge on any atom is 0.253 e. The number of nitrogens with zero attached hydrogens (tertiary/aromatic N) is 5. The molecule has 28 heavy (non-hydrogen) atoms. The van der Waals surface area contributed by atoms with Gasteiger partial charge in [0, 0.05) is 44.0 Å². The molecule has 2 aliphatic rings. The SMILES string of the molecule is Cc1cc2c(nc1N1CCc3ncc(-c4c(F)cnn4C)cc3C1)CNC2=O. The second-order valence-electron chi connectivity index (χ2n) is 7.27. The number of hydrogen-bond donors (Lipinski definition) is 1. The van der Waals surface area contributed by atoms with Crippen LogP contribution in [0.5, 0.6) is 0 Å². The van der Waals surface area contributed by atoms with Crippen molar-refractivity contribution >= 4 is 11.7 Å². The van der Waals surface area contributed by atoms with Crippen LogP contribution in [0.15, 0.2) is 24.5 Å². The van der Waals surface area contributed by atoms with E-state index in [-0.39, 0.29) is 11.7 Å². The highest BCUT2D eigenvalue weighted by atomic mass is 19.1. The van der Waals surface area contributed by atoms with Crippen molar-refractivity contribution in [1.29, 1.82) is 0 Å². The monoisotopic (exact) mass is 378 g/mol. The van der Waals surface area contributed by atoms with Gasteiger partial charge in [0.1, 0.15) is 11.5 Å². The summed E-state index contributed by atoms with van der Waals surface area (Å²) in [5.74, 6) is 0.469. The predicted octanol–water partition coefficient (Wildman–Crippen LogP) is 2.13. The molecular formula is C20H19FN6O. The summed E-state index contributed by atoms with van der Waals surface area (Å²) in [6.07, 6.45) is 3.72. The van der Waals surface area contributed by atoms with Gasteiger partial charge in [0.25, 0.3) is 5.91 Å². The number of aryl methyl sites for hydroxylation is 2. The van der Waals surface area contributed by atoms with Gasteiger partial charge < -0.3 is 10.2 Å². The Morgan fingerprint density at radius 3 is 2.86 bits per heavy atom. The normalized spacial score (nSPS) is 15.4. The second kappa shape index (κ2) is 6.12. The molecular weight excluding hydrogens is 359 g/mol. The zero-order valence-corrected chi connectivity index (χ0v) is 15.7. The van der Waals surface area contributed by atoms with Gasteiger partial charge in [0.15, 0.2) is 5.82 Å². The number of aromatic nitrogens is 4. The number of carbonyl (C=O) groups excluding carboxylic acids is 1. The molecule has 0 atom stereocenters. The standard InChI is InChI=1S/C20H19FN6O/c1-11-5-14-17(9-23-20(14)28)25-19(11)27-4-3-16-13(10-27)6-12(7-22-16)18-15(21)8-24-26(18)2/h5-8H,3-4,9-10H2,1-2H3,(H,23,28). The third-order valence-corrected chi connectivity index (χ3v) is 5.43. The average Bonchev–Trinajstić information content (AvgIpc) is 3.22. The van der Waals surface area contributed by atoms with Crippen LogP contribution >= 0.6 is 0 Å². The number of rotatable bonds is 2. The minimum Gasteiger partial charge on any atom is -0.352 e. The van der Waals surface area contributed by atoms with Crippen LogP contribution in [0.25, 0.3) is 11.3 Å². The first-order valence-corrected chi connectivity index (χ1v) is 9.20. The van der Waals surface area contributed by atoms with Gasteiger partial charge in [-0.2, -0.15) is 5.10 Å². The van der Waals surface area contributed by atoms with Crippen molar-refractivity contribution < 1.29 is 9.18 Å². The number of hydrogen-bond acceptors (Lipinski definition) is 5. The summed E-state index contributed by atoms with van der Waals surface area (Å²) < 4.78 is 15.6. The highest BCUT2D eigenvalue weighted by molar-refractivity contribution is 5.98. The molecule has 0 radical (unpaired) electrons. The average molecular weight is 378 g/mol. The molecule has 2 aliphatic heterocycles. The van der Waals surface area contributed by atoms with Crippen molar-refractivity contribution in [3.8, 4) is 11.3 Å². The lowest BCUT2D eigenvalue weighted by molar-refractivity contribution is 0.0965. The summed E-state index contributed by atoms with van der Waals surface area (Å²) in [6, 6.07) is 3.90. The number of carbonyl (C=O) groups is 1. The van der Waals surface area contributed by atoms with Crippen LogP contribution in [-0.2, 0) is 26.6 Å². The maximum atomic E-state index is 14.1. The van der Waals surface area contributed by atoms with Crippen molar-refractivity contribution in [3.63, 3.8) is 0 Å². The fourth-order valence-corrected chi connectivity index (χ4v) is 4.02. The van der Waals surface area contributed by atoms with Gasteiger partial charge in [0.05, 0.1) is 24.0 Å². The van der Waals surface area contributed by atoms with Crippen LogP contribution in [0.4, 0.5) is 10.2 Å². The molecule has 142 valence electrons. The van der Waals surface area contributed by atoms with E-state index in [4.69, 9.17) is 4.98 Å². The molecule has 0 saturated carbocycles. The Morgan fingerprint density at radius 1 is 1.21 bits per heavy atom. The molecule has 1 N–H and O–H groups in total. The van der Waals surface area contributed by atoms with Crippen LogP contribution in [0.3, 0.4) is 0 Å². The lowest BCUT2D eigenvalue weighted by Gasteiger charge is -2.30. The summed E-state index contributed by atoms with van der Waals surface area (Å²) in [5, 5.41) is 6.80.